The van der Waals surface area contributed by atoms with Crippen LogP contribution in [0.3, 0.4) is 0 Å². The Morgan fingerprint density at radius 1 is 1.14 bits per heavy atom. The molecule has 0 saturated carbocycles. The average Bonchev–Trinajstić information content (AvgIpc) is 2.44. The van der Waals surface area contributed by atoms with Gasteiger partial charge in [-0.15, -0.1) is 0 Å². The normalized spacial score (nSPS) is 12.6. The zero-order chi connectivity index (χ0) is 16.1. The number of methoxy groups -OCH3 is 1. The molecule has 0 spiro atoms. The van der Waals surface area contributed by atoms with Crippen molar-refractivity contribution in [1.29, 1.82) is 0 Å². The van der Waals surface area contributed by atoms with Gasteiger partial charge in [0.05, 0.1) is 7.11 Å². The van der Waals surface area contributed by atoms with Gasteiger partial charge in [-0.25, -0.2) is 4.79 Å². The van der Waals surface area contributed by atoms with Crippen LogP contribution >= 0.6 is 0 Å². The Bertz CT molecular complexity index is 324. The Morgan fingerprint density at radius 3 is 2.38 bits per heavy atom. The van der Waals surface area contributed by atoms with Gasteiger partial charge < -0.3 is 10.1 Å². The molecule has 4 nitrogen and oxygen atoms in total. The molecule has 0 saturated heterocycles. The number of hydrogen-bond acceptors (Lipinski definition) is 3. The molecule has 0 unspecified atom stereocenters. The zero-order valence-electron chi connectivity index (χ0n) is 14.0. The third kappa shape index (κ3) is 11.1. The first-order chi connectivity index (χ1) is 10.0. The van der Waals surface area contributed by atoms with Crippen molar-refractivity contribution in [3.63, 3.8) is 0 Å². The van der Waals surface area contributed by atoms with E-state index in [-0.39, 0.29) is 11.9 Å². The minimum absolute atomic E-state index is 0.223. The van der Waals surface area contributed by atoms with Crippen molar-refractivity contribution in [1.82, 2.24) is 5.32 Å². The predicted octanol–water partition coefficient (Wildman–Crippen LogP) is 3.61. The van der Waals surface area contributed by atoms with E-state index >= 15 is 0 Å². The number of allylic oxidation sites excluding steroid dienone is 1. The summed E-state index contributed by atoms with van der Waals surface area (Å²) in [6, 6.07) is -0.559. The van der Waals surface area contributed by atoms with Crippen LogP contribution < -0.4 is 5.32 Å². The average molecular weight is 297 g/mol. The molecule has 4 heteroatoms. The van der Waals surface area contributed by atoms with Crippen molar-refractivity contribution in [2.75, 3.05) is 7.11 Å². The van der Waals surface area contributed by atoms with Crippen molar-refractivity contribution >= 4 is 11.9 Å². The van der Waals surface area contributed by atoms with E-state index in [1.807, 2.05) is 19.9 Å². The third-order valence-electron chi connectivity index (χ3n) is 3.25. The number of unbranched alkanes of at least 4 members (excludes halogenated alkanes) is 5. The van der Waals surface area contributed by atoms with Gasteiger partial charge in [-0.05, 0) is 31.3 Å². The van der Waals surface area contributed by atoms with Crippen molar-refractivity contribution in [2.45, 2.75) is 71.8 Å². The van der Waals surface area contributed by atoms with E-state index in [0.29, 0.717) is 12.3 Å². The van der Waals surface area contributed by atoms with Crippen LogP contribution in [0.15, 0.2) is 12.2 Å². The highest BCUT2D eigenvalue weighted by atomic mass is 16.5. The lowest BCUT2D eigenvalue weighted by Crippen LogP contribution is -2.41. The molecule has 0 fully saturated rings. The van der Waals surface area contributed by atoms with Gasteiger partial charge in [0.1, 0.15) is 6.04 Å². The van der Waals surface area contributed by atoms with Gasteiger partial charge in [-0.2, -0.15) is 0 Å². The number of hydrogen-bond donors (Lipinski definition) is 1. The van der Waals surface area contributed by atoms with E-state index in [9.17, 15) is 9.59 Å². The molecule has 21 heavy (non-hydrogen) atoms. The molecule has 0 radical (unpaired) electrons. The van der Waals surface area contributed by atoms with Crippen molar-refractivity contribution in [3.05, 3.63) is 12.2 Å². The van der Waals surface area contributed by atoms with Crippen LogP contribution in [0.25, 0.3) is 0 Å². The summed E-state index contributed by atoms with van der Waals surface area (Å²) < 4.78 is 4.72. The summed E-state index contributed by atoms with van der Waals surface area (Å²) in [6.07, 6.45) is 11.0. The summed E-state index contributed by atoms with van der Waals surface area (Å²) in [5.41, 5.74) is 0. The van der Waals surface area contributed by atoms with Crippen LogP contribution in [0, 0.1) is 5.92 Å². The van der Waals surface area contributed by atoms with Gasteiger partial charge in [0, 0.05) is 0 Å². The Hall–Kier alpha value is -1.32. The number of nitrogens with one attached hydrogen (secondary N) is 1. The maximum Gasteiger partial charge on any atom is 0.328 e. The monoisotopic (exact) mass is 297 g/mol. The molecule has 0 aromatic heterocycles. The van der Waals surface area contributed by atoms with Crippen molar-refractivity contribution in [3.8, 4) is 0 Å². The van der Waals surface area contributed by atoms with Gasteiger partial charge in [0.2, 0.25) is 5.91 Å². The number of amides is 1. The molecule has 0 aromatic rings. The Kier molecular flexibility index (Phi) is 11.6. The fourth-order valence-electron chi connectivity index (χ4n) is 2.10. The predicted molar refractivity (Wildman–Crippen MR) is 85.9 cm³/mol. The third-order valence-corrected chi connectivity index (χ3v) is 3.25. The number of esters is 1. The molecule has 122 valence electrons. The van der Waals surface area contributed by atoms with Gasteiger partial charge in [-0.1, -0.05) is 52.5 Å². The minimum Gasteiger partial charge on any atom is -0.467 e. The summed E-state index contributed by atoms with van der Waals surface area (Å²) in [5, 5.41) is 2.71. The molecule has 0 heterocycles. The Labute approximate surface area is 129 Å². The van der Waals surface area contributed by atoms with E-state index in [4.69, 9.17) is 4.74 Å². The summed E-state index contributed by atoms with van der Waals surface area (Å²) in [4.78, 5) is 23.4. The smallest absolute Gasteiger partial charge is 0.328 e. The lowest BCUT2D eigenvalue weighted by atomic mass is 10.0. The molecular formula is C17H31NO3. The Balaban J connectivity index is 4.04. The van der Waals surface area contributed by atoms with Crippen molar-refractivity contribution in [2.24, 2.45) is 5.92 Å². The Morgan fingerprint density at radius 2 is 1.81 bits per heavy atom. The van der Waals surface area contributed by atoms with Crippen LogP contribution in [-0.4, -0.2) is 25.0 Å². The topological polar surface area (TPSA) is 55.4 Å². The van der Waals surface area contributed by atoms with Crippen LogP contribution in [0.2, 0.25) is 0 Å². The number of carbonyl (C=O) groups is 2. The van der Waals surface area contributed by atoms with E-state index in [2.05, 4.69) is 12.2 Å². The zero-order valence-corrected chi connectivity index (χ0v) is 14.0. The molecule has 1 atom stereocenters. The van der Waals surface area contributed by atoms with Crippen molar-refractivity contribution < 1.29 is 14.3 Å². The molecular weight excluding hydrogens is 266 g/mol. The molecule has 0 aromatic carbocycles. The molecule has 1 amide bonds. The SMILES string of the molecule is CCCCCCCC=CC(=O)N[C@@H](CC(C)C)C(=O)OC. The highest BCUT2D eigenvalue weighted by Crippen LogP contribution is 2.07. The number of rotatable bonds is 11. The standard InChI is InChI=1S/C17H31NO3/c1-5-6-7-8-9-10-11-12-16(19)18-15(13-14(2)3)17(20)21-4/h11-12,14-15H,5-10,13H2,1-4H3,(H,18,19)/t15-/m0/s1. The van der Waals surface area contributed by atoms with E-state index in [1.54, 1.807) is 0 Å². The lowest BCUT2D eigenvalue weighted by Gasteiger charge is -2.17. The van der Waals surface area contributed by atoms with Crippen LogP contribution in [0.1, 0.15) is 65.7 Å². The van der Waals surface area contributed by atoms with E-state index in [1.165, 1.54) is 38.9 Å². The second-order valence-corrected chi connectivity index (χ2v) is 5.82. The van der Waals surface area contributed by atoms with Gasteiger partial charge >= 0.3 is 5.97 Å². The summed E-state index contributed by atoms with van der Waals surface area (Å²) in [5.74, 6) is -0.290. The minimum atomic E-state index is -0.559. The second-order valence-electron chi connectivity index (χ2n) is 5.82. The molecule has 0 bridgehead atoms. The first-order valence-corrected chi connectivity index (χ1v) is 8.06. The first kappa shape index (κ1) is 19.7. The second kappa shape index (κ2) is 12.4. The summed E-state index contributed by atoms with van der Waals surface area (Å²) >= 11 is 0. The van der Waals surface area contributed by atoms with Gasteiger partial charge in [-0.3, -0.25) is 4.79 Å². The fraction of sp³-hybridized carbons (Fsp3) is 0.765. The number of carbonyl (C=O) groups excluding carboxylic acids is 2. The van der Waals surface area contributed by atoms with Crippen LogP contribution in [-0.2, 0) is 14.3 Å². The first-order valence-electron chi connectivity index (χ1n) is 8.06. The highest BCUT2D eigenvalue weighted by Gasteiger charge is 2.21. The molecule has 0 aliphatic carbocycles. The molecule has 0 aliphatic rings. The largest absolute Gasteiger partial charge is 0.467 e. The molecule has 1 N–H and O–H groups in total. The summed E-state index contributed by atoms with van der Waals surface area (Å²) in [7, 11) is 1.34. The number of ether oxygens (including phenoxy) is 1. The van der Waals surface area contributed by atoms with Crippen LogP contribution in [0.4, 0.5) is 0 Å². The maximum absolute atomic E-state index is 11.8. The van der Waals surface area contributed by atoms with Gasteiger partial charge in [0.25, 0.3) is 0 Å². The molecule has 0 rings (SSSR count). The molecule has 0 aliphatic heterocycles. The summed E-state index contributed by atoms with van der Waals surface area (Å²) in [6.45, 7) is 6.21. The van der Waals surface area contributed by atoms with Gasteiger partial charge in [0.15, 0.2) is 0 Å². The van der Waals surface area contributed by atoms with E-state index < -0.39 is 6.04 Å². The lowest BCUT2D eigenvalue weighted by molar-refractivity contribution is -0.145. The quantitative estimate of drug-likeness (QED) is 0.360. The van der Waals surface area contributed by atoms with Crippen LogP contribution in [0.5, 0.6) is 0 Å². The maximum atomic E-state index is 11.8. The van der Waals surface area contributed by atoms with E-state index in [0.717, 1.165) is 12.8 Å². The fourth-order valence-corrected chi connectivity index (χ4v) is 2.10. The highest BCUT2D eigenvalue weighted by molar-refractivity contribution is 5.91.